The van der Waals surface area contributed by atoms with E-state index in [2.05, 4.69) is 10.6 Å². The van der Waals surface area contributed by atoms with Crippen LogP contribution in [0.15, 0.2) is 0 Å². The van der Waals surface area contributed by atoms with E-state index in [0.29, 0.717) is 76.6 Å². The highest BCUT2D eigenvalue weighted by atomic mass is 16.5. The molecule has 4 N–H and O–H groups in total. The molecule has 0 aromatic heterocycles. The summed E-state index contributed by atoms with van der Waals surface area (Å²) in [5.74, 6) is -0.592. The van der Waals surface area contributed by atoms with Crippen molar-refractivity contribution < 1.29 is 48.5 Å². The summed E-state index contributed by atoms with van der Waals surface area (Å²) in [6, 6.07) is -0.959. The Labute approximate surface area is 351 Å². The van der Waals surface area contributed by atoms with Crippen molar-refractivity contribution in [2.75, 3.05) is 20.3 Å². The number of carbonyl (C=O) groups is 6. The highest BCUT2D eigenvalue weighted by Gasteiger charge is 2.23. The minimum atomic E-state index is -1.36. The zero-order valence-electron chi connectivity index (χ0n) is 37.1. The maximum absolute atomic E-state index is 12.8. The number of hydrogen-bond acceptors (Lipinski definition) is 11. The molecule has 3 unspecified atom stereocenters. The monoisotopic (exact) mass is 825 g/mol. The molecule has 0 aromatic rings. The lowest BCUT2D eigenvalue weighted by Gasteiger charge is -2.17. The second-order valence-corrected chi connectivity index (χ2v) is 16.3. The maximum atomic E-state index is 12.8. The van der Waals surface area contributed by atoms with Gasteiger partial charge < -0.3 is 35.1 Å². The molecule has 0 bridgehead atoms. The molecule has 338 valence electrons. The van der Waals surface area contributed by atoms with Crippen LogP contribution in [0.2, 0.25) is 0 Å². The van der Waals surface area contributed by atoms with E-state index in [1.807, 2.05) is 13.8 Å². The molecule has 0 spiro atoms. The standard InChI is InChI=1S/C46H84N2O10/c1-5-26-38(36-40(51)31-20-13-9-8-12-19-29-39(50)30-21-17-22-32-41(47-4)44(53)54)45(55)57-34-24-15-16-25-35-58-46(56)42(27-6-2)48-43(52)33-23-14-10-7-11-18-28-37(3)49/h38,41-42,44,47,53-54H,5-36H2,1-4H3,(H,48,52). The van der Waals surface area contributed by atoms with Gasteiger partial charge in [-0.05, 0) is 91.0 Å². The predicted molar refractivity (Wildman–Crippen MR) is 229 cm³/mol. The summed E-state index contributed by atoms with van der Waals surface area (Å²) in [5.41, 5.74) is 0. The molecule has 0 saturated carbocycles. The maximum Gasteiger partial charge on any atom is 0.328 e. The average molecular weight is 825 g/mol. The number of carbonyl (C=O) groups excluding carboxylic acids is 6. The summed E-state index contributed by atoms with van der Waals surface area (Å²) < 4.78 is 11.0. The Morgan fingerprint density at radius 3 is 1.47 bits per heavy atom. The number of amides is 1. The zero-order valence-corrected chi connectivity index (χ0v) is 37.1. The second-order valence-electron chi connectivity index (χ2n) is 16.3. The summed E-state index contributed by atoms with van der Waals surface area (Å²) in [5, 5.41) is 24.2. The van der Waals surface area contributed by atoms with Crippen LogP contribution in [0.4, 0.5) is 0 Å². The van der Waals surface area contributed by atoms with Gasteiger partial charge in [-0.2, -0.15) is 0 Å². The van der Waals surface area contributed by atoms with Gasteiger partial charge in [0, 0.05) is 38.5 Å². The number of likely N-dealkylation sites (N-methyl/N-ethyl adjacent to an activating group) is 1. The Morgan fingerprint density at radius 2 is 0.966 bits per heavy atom. The van der Waals surface area contributed by atoms with Crippen molar-refractivity contribution >= 4 is 35.2 Å². The molecule has 0 radical (unpaired) electrons. The molecule has 3 atom stereocenters. The average Bonchev–Trinajstić information content (AvgIpc) is 3.18. The topological polar surface area (TPSA) is 185 Å². The molecule has 0 rings (SSSR count). The van der Waals surface area contributed by atoms with Crippen LogP contribution in [0, 0.1) is 5.92 Å². The second kappa shape index (κ2) is 38.5. The molecule has 0 saturated heterocycles. The summed E-state index contributed by atoms with van der Waals surface area (Å²) in [6.45, 7) is 6.17. The summed E-state index contributed by atoms with van der Waals surface area (Å²) in [4.78, 5) is 73.7. The van der Waals surface area contributed by atoms with Crippen molar-refractivity contribution in [3.05, 3.63) is 0 Å². The first-order valence-corrected chi connectivity index (χ1v) is 23.1. The van der Waals surface area contributed by atoms with Crippen molar-refractivity contribution in [1.29, 1.82) is 0 Å². The Balaban J connectivity index is 4.02. The minimum absolute atomic E-state index is 0.106. The van der Waals surface area contributed by atoms with E-state index in [4.69, 9.17) is 9.47 Å². The van der Waals surface area contributed by atoms with Gasteiger partial charge in [0.1, 0.15) is 23.4 Å². The molecular weight excluding hydrogens is 741 g/mol. The number of nitrogens with one attached hydrogen (secondary N) is 2. The van der Waals surface area contributed by atoms with Crippen LogP contribution in [0.1, 0.15) is 213 Å². The first-order valence-electron chi connectivity index (χ1n) is 23.1. The smallest absolute Gasteiger partial charge is 0.328 e. The number of aliphatic hydroxyl groups is 2. The van der Waals surface area contributed by atoms with Gasteiger partial charge in [0.2, 0.25) is 5.91 Å². The van der Waals surface area contributed by atoms with Gasteiger partial charge in [0.05, 0.1) is 25.2 Å². The fourth-order valence-electron chi connectivity index (χ4n) is 7.10. The first kappa shape index (κ1) is 55.3. The Morgan fingerprint density at radius 1 is 0.517 bits per heavy atom. The lowest BCUT2D eigenvalue weighted by Crippen LogP contribution is -2.41. The van der Waals surface area contributed by atoms with Crippen LogP contribution < -0.4 is 10.6 Å². The van der Waals surface area contributed by atoms with Gasteiger partial charge in [-0.25, -0.2) is 4.79 Å². The molecule has 0 aliphatic heterocycles. The van der Waals surface area contributed by atoms with Crippen LogP contribution in [-0.4, -0.2) is 84.0 Å². The Hall–Kier alpha value is -2.70. The van der Waals surface area contributed by atoms with Crippen LogP contribution >= 0.6 is 0 Å². The van der Waals surface area contributed by atoms with Gasteiger partial charge in [-0.1, -0.05) is 90.9 Å². The van der Waals surface area contributed by atoms with Crippen molar-refractivity contribution in [2.45, 2.75) is 232 Å². The fourth-order valence-corrected chi connectivity index (χ4v) is 7.10. The molecule has 0 aliphatic carbocycles. The van der Waals surface area contributed by atoms with Crippen LogP contribution in [0.3, 0.4) is 0 Å². The van der Waals surface area contributed by atoms with Crippen LogP contribution in [0.25, 0.3) is 0 Å². The molecular formula is C46H84N2O10. The van der Waals surface area contributed by atoms with Crippen molar-refractivity contribution in [3.63, 3.8) is 0 Å². The van der Waals surface area contributed by atoms with E-state index in [0.717, 1.165) is 122 Å². The van der Waals surface area contributed by atoms with Crippen LogP contribution in [-0.2, 0) is 38.2 Å². The molecule has 0 aliphatic rings. The lowest BCUT2D eigenvalue weighted by molar-refractivity contribution is -0.150. The fraction of sp³-hybridized carbons (Fsp3) is 0.870. The number of ether oxygens (including phenoxy) is 2. The summed E-state index contributed by atoms with van der Waals surface area (Å²) in [6.07, 6.45) is 22.1. The van der Waals surface area contributed by atoms with E-state index in [1.165, 1.54) is 0 Å². The predicted octanol–water partition coefficient (Wildman–Crippen LogP) is 8.54. The largest absolute Gasteiger partial charge is 0.465 e. The number of hydrogen-bond donors (Lipinski definition) is 4. The number of ketones is 3. The van der Waals surface area contributed by atoms with Gasteiger partial charge in [0.25, 0.3) is 0 Å². The van der Waals surface area contributed by atoms with Gasteiger partial charge in [-0.15, -0.1) is 0 Å². The molecule has 1 amide bonds. The van der Waals surface area contributed by atoms with Crippen molar-refractivity contribution in [1.82, 2.24) is 10.6 Å². The molecule has 0 heterocycles. The summed E-state index contributed by atoms with van der Waals surface area (Å²) in [7, 11) is 1.71. The number of rotatable bonds is 42. The minimum Gasteiger partial charge on any atom is -0.465 e. The lowest BCUT2D eigenvalue weighted by atomic mass is 9.95. The van der Waals surface area contributed by atoms with E-state index >= 15 is 0 Å². The number of unbranched alkanes of at least 4 members (excludes halogenated alkanes) is 15. The third kappa shape index (κ3) is 33.2. The molecule has 0 aromatic carbocycles. The Kier molecular flexibility index (Phi) is 36.7. The van der Waals surface area contributed by atoms with Crippen molar-refractivity contribution in [3.8, 4) is 0 Å². The first-order chi connectivity index (χ1) is 27.9. The van der Waals surface area contributed by atoms with Gasteiger partial charge >= 0.3 is 11.9 Å². The summed E-state index contributed by atoms with van der Waals surface area (Å²) >= 11 is 0. The molecule has 12 nitrogen and oxygen atoms in total. The third-order valence-electron chi connectivity index (χ3n) is 10.7. The highest BCUT2D eigenvalue weighted by Crippen LogP contribution is 2.18. The van der Waals surface area contributed by atoms with E-state index < -0.39 is 24.2 Å². The number of Topliss-reactive ketones (excluding diaryl/α,β-unsaturated/α-hetero) is 3. The van der Waals surface area contributed by atoms with Gasteiger partial charge in [0.15, 0.2) is 6.29 Å². The normalized spacial score (nSPS) is 12.9. The Bertz CT molecular complexity index is 1100. The number of esters is 2. The quantitative estimate of drug-likeness (QED) is 0.0263. The molecule has 58 heavy (non-hydrogen) atoms. The van der Waals surface area contributed by atoms with E-state index in [-0.39, 0.29) is 42.5 Å². The molecule has 12 heteroatoms. The molecule has 0 fully saturated rings. The SMILES string of the molecule is CCCC(CC(=O)CCCCCCCCC(=O)CCCCCC(NC)C(O)O)C(=O)OCCCCCCOC(=O)C(CCC)NC(=O)CCCCCCCCC(C)=O. The third-order valence-corrected chi connectivity index (χ3v) is 10.7. The van der Waals surface area contributed by atoms with E-state index in [9.17, 15) is 39.0 Å². The van der Waals surface area contributed by atoms with Gasteiger partial charge in [-0.3, -0.25) is 19.2 Å². The van der Waals surface area contributed by atoms with Crippen LogP contribution in [0.5, 0.6) is 0 Å². The highest BCUT2D eigenvalue weighted by molar-refractivity contribution is 5.85. The van der Waals surface area contributed by atoms with E-state index in [1.54, 1.807) is 14.0 Å². The van der Waals surface area contributed by atoms with Crippen molar-refractivity contribution in [2.24, 2.45) is 5.92 Å². The number of aliphatic hydroxyl groups excluding tert-OH is 1. The zero-order chi connectivity index (χ0) is 43.2.